The molecule has 0 atom stereocenters. The molecular formula is C14H17N3OS. The second kappa shape index (κ2) is 6.33. The predicted octanol–water partition coefficient (Wildman–Crippen LogP) is 3.08. The van der Waals surface area contributed by atoms with Gasteiger partial charge in [-0.1, -0.05) is 17.7 Å². The summed E-state index contributed by atoms with van der Waals surface area (Å²) in [4.78, 5) is 0. The van der Waals surface area contributed by atoms with Crippen molar-refractivity contribution in [3.05, 3.63) is 35.9 Å². The van der Waals surface area contributed by atoms with E-state index in [1.54, 1.807) is 7.11 Å². The Morgan fingerprint density at radius 1 is 1.32 bits per heavy atom. The van der Waals surface area contributed by atoms with Crippen LogP contribution in [-0.2, 0) is 0 Å². The fourth-order valence-corrected chi connectivity index (χ4v) is 2.02. The van der Waals surface area contributed by atoms with Crippen LogP contribution in [0.25, 0.3) is 0 Å². The van der Waals surface area contributed by atoms with Gasteiger partial charge in [-0.15, -0.1) is 0 Å². The number of anilines is 1. The molecule has 0 aromatic heterocycles. The molecule has 0 saturated heterocycles. The van der Waals surface area contributed by atoms with E-state index < -0.39 is 0 Å². The summed E-state index contributed by atoms with van der Waals surface area (Å²) in [5.74, 6) is 0.746. The molecule has 0 radical (unpaired) electrons. The molecule has 0 unspecified atom stereocenters. The number of nitrogens with zero attached hydrogens (tertiary/aromatic N) is 1. The van der Waals surface area contributed by atoms with E-state index in [4.69, 9.17) is 17.0 Å². The molecule has 0 saturated carbocycles. The van der Waals surface area contributed by atoms with E-state index in [0.717, 1.165) is 30.0 Å². The van der Waals surface area contributed by atoms with E-state index in [2.05, 4.69) is 28.8 Å². The third-order valence-electron chi connectivity index (χ3n) is 2.84. The summed E-state index contributed by atoms with van der Waals surface area (Å²) in [6.45, 7) is 2.11. The smallest absolute Gasteiger partial charge is 0.191 e. The van der Waals surface area contributed by atoms with Crippen molar-refractivity contribution in [3.8, 4) is 5.75 Å². The summed E-state index contributed by atoms with van der Waals surface area (Å²) in [5, 5.41) is 7.79. The number of para-hydroxylation sites is 2. The number of hydrogen-bond acceptors (Lipinski definition) is 3. The monoisotopic (exact) mass is 275 g/mol. The van der Waals surface area contributed by atoms with Crippen molar-refractivity contribution in [2.75, 3.05) is 12.4 Å². The van der Waals surface area contributed by atoms with Crippen molar-refractivity contribution in [1.82, 2.24) is 5.43 Å². The van der Waals surface area contributed by atoms with Gasteiger partial charge in [0.25, 0.3) is 0 Å². The van der Waals surface area contributed by atoms with Crippen LogP contribution in [0.15, 0.2) is 41.0 Å². The van der Waals surface area contributed by atoms with Crippen LogP contribution in [0.5, 0.6) is 5.75 Å². The lowest BCUT2D eigenvalue weighted by molar-refractivity contribution is 0.417. The Kier molecular flexibility index (Phi) is 4.52. The van der Waals surface area contributed by atoms with E-state index in [-0.39, 0.29) is 0 Å². The fraction of sp³-hybridized carbons (Fsp3) is 0.286. The van der Waals surface area contributed by atoms with Crippen LogP contribution in [0.3, 0.4) is 0 Å². The average molecular weight is 275 g/mol. The number of methoxy groups -OCH3 is 1. The first-order chi connectivity index (χ1) is 9.19. The molecule has 1 aromatic carbocycles. The molecule has 0 bridgehead atoms. The minimum atomic E-state index is 0.454. The van der Waals surface area contributed by atoms with Gasteiger partial charge >= 0.3 is 0 Å². The lowest BCUT2D eigenvalue weighted by Crippen LogP contribution is -2.24. The molecule has 5 heteroatoms. The van der Waals surface area contributed by atoms with Gasteiger partial charge in [-0.05, 0) is 50.2 Å². The second-order valence-electron chi connectivity index (χ2n) is 4.36. The zero-order chi connectivity index (χ0) is 13.7. The Morgan fingerprint density at radius 2 is 2.11 bits per heavy atom. The average Bonchev–Trinajstić information content (AvgIpc) is 2.83. The Hall–Kier alpha value is -1.88. The molecule has 0 amide bonds. The molecule has 2 N–H and O–H groups in total. The molecular weight excluding hydrogens is 258 g/mol. The summed E-state index contributed by atoms with van der Waals surface area (Å²) in [5.41, 5.74) is 6.05. The first-order valence-corrected chi connectivity index (χ1v) is 6.53. The number of rotatable bonds is 3. The van der Waals surface area contributed by atoms with Crippen LogP contribution in [0.2, 0.25) is 0 Å². The van der Waals surface area contributed by atoms with Crippen molar-refractivity contribution in [3.63, 3.8) is 0 Å². The van der Waals surface area contributed by atoms with Crippen LogP contribution in [0, 0.1) is 0 Å². The highest BCUT2D eigenvalue weighted by molar-refractivity contribution is 7.80. The molecule has 0 aliphatic heterocycles. The third kappa shape index (κ3) is 3.79. The predicted molar refractivity (Wildman–Crippen MR) is 82.8 cm³/mol. The van der Waals surface area contributed by atoms with E-state index in [1.165, 1.54) is 5.57 Å². The van der Waals surface area contributed by atoms with Gasteiger partial charge in [-0.3, -0.25) is 5.43 Å². The van der Waals surface area contributed by atoms with Crippen molar-refractivity contribution < 1.29 is 4.74 Å². The molecule has 100 valence electrons. The molecule has 2 rings (SSSR count). The number of nitrogens with one attached hydrogen (secondary N) is 2. The summed E-state index contributed by atoms with van der Waals surface area (Å²) in [6, 6.07) is 7.61. The van der Waals surface area contributed by atoms with Crippen LogP contribution < -0.4 is 15.5 Å². The van der Waals surface area contributed by atoms with Crippen LogP contribution >= 0.6 is 12.2 Å². The highest BCUT2D eigenvalue weighted by Gasteiger charge is 2.07. The number of hydrogen-bond donors (Lipinski definition) is 2. The van der Waals surface area contributed by atoms with Crippen LogP contribution in [-0.4, -0.2) is 17.9 Å². The Labute approximate surface area is 118 Å². The standard InChI is InChI=1S/C14H17N3OS/c1-10-7-8-11(9-10)16-17-14(19)15-12-5-3-4-6-13(12)18-2/h3-6,9H,7-8H2,1-2H3,(H2,15,17,19)/b16-11+. The van der Waals surface area contributed by atoms with Crippen LogP contribution in [0.4, 0.5) is 5.69 Å². The Balaban J connectivity index is 1.95. The minimum absolute atomic E-state index is 0.454. The molecule has 19 heavy (non-hydrogen) atoms. The summed E-state index contributed by atoms with van der Waals surface area (Å²) >= 11 is 5.20. The largest absolute Gasteiger partial charge is 0.495 e. The molecule has 0 heterocycles. The molecule has 0 spiro atoms. The highest BCUT2D eigenvalue weighted by Crippen LogP contribution is 2.22. The first-order valence-electron chi connectivity index (χ1n) is 6.13. The van der Waals surface area contributed by atoms with Gasteiger partial charge in [0.1, 0.15) is 5.75 Å². The quantitative estimate of drug-likeness (QED) is 0.657. The fourth-order valence-electron chi connectivity index (χ4n) is 1.86. The maximum absolute atomic E-state index is 5.24. The lowest BCUT2D eigenvalue weighted by Gasteiger charge is -2.11. The number of ether oxygens (including phenoxy) is 1. The van der Waals surface area contributed by atoms with Gasteiger partial charge in [-0.25, -0.2) is 0 Å². The van der Waals surface area contributed by atoms with Crippen LogP contribution in [0.1, 0.15) is 19.8 Å². The Morgan fingerprint density at radius 3 is 2.79 bits per heavy atom. The highest BCUT2D eigenvalue weighted by atomic mass is 32.1. The number of thiocarbonyl (C=S) groups is 1. The number of hydrazone groups is 1. The van der Waals surface area contributed by atoms with Gasteiger partial charge < -0.3 is 10.1 Å². The second-order valence-corrected chi connectivity index (χ2v) is 4.77. The first kappa shape index (κ1) is 13.5. The molecule has 4 nitrogen and oxygen atoms in total. The van der Waals surface area contributed by atoms with E-state index in [0.29, 0.717) is 5.11 Å². The number of benzene rings is 1. The van der Waals surface area contributed by atoms with Crippen molar-refractivity contribution >= 4 is 28.7 Å². The van der Waals surface area contributed by atoms with Crippen molar-refractivity contribution in [2.24, 2.45) is 5.10 Å². The van der Waals surface area contributed by atoms with Crippen molar-refractivity contribution in [1.29, 1.82) is 0 Å². The summed E-state index contributed by atoms with van der Waals surface area (Å²) in [7, 11) is 1.63. The van der Waals surface area contributed by atoms with Gasteiger partial charge in [0.05, 0.1) is 18.5 Å². The zero-order valence-electron chi connectivity index (χ0n) is 11.1. The summed E-state index contributed by atoms with van der Waals surface area (Å²) < 4.78 is 5.24. The number of allylic oxidation sites excluding steroid dienone is 2. The van der Waals surface area contributed by atoms with E-state index >= 15 is 0 Å². The molecule has 1 aliphatic rings. The van der Waals surface area contributed by atoms with E-state index in [9.17, 15) is 0 Å². The van der Waals surface area contributed by atoms with Crippen molar-refractivity contribution in [2.45, 2.75) is 19.8 Å². The van der Waals surface area contributed by atoms with Gasteiger partial charge in [0, 0.05) is 0 Å². The summed E-state index contributed by atoms with van der Waals surface area (Å²) in [6.07, 6.45) is 4.13. The normalized spacial score (nSPS) is 16.1. The maximum Gasteiger partial charge on any atom is 0.191 e. The van der Waals surface area contributed by atoms with Gasteiger partial charge in [-0.2, -0.15) is 5.10 Å². The topological polar surface area (TPSA) is 45.6 Å². The lowest BCUT2D eigenvalue weighted by atomic mass is 10.3. The molecule has 1 aromatic rings. The minimum Gasteiger partial charge on any atom is -0.495 e. The SMILES string of the molecule is COc1ccccc1NC(=S)N/N=C1/C=C(C)CC1. The maximum atomic E-state index is 5.24. The Bertz CT molecular complexity index is 537. The van der Waals surface area contributed by atoms with E-state index in [1.807, 2.05) is 24.3 Å². The third-order valence-corrected chi connectivity index (χ3v) is 3.04. The van der Waals surface area contributed by atoms with Gasteiger partial charge in [0.2, 0.25) is 0 Å². The zero-order valence-corrected chi connectivity index (χ0v) is 11.9. The molecule has 0 fully saturated rings. The molecule has 1 aliphatic carbocycles. The van der Waals surface area contributed by atoms with Gasteiger partial charge in [0.15, 0.2) is 5.11 Å².